The molecule has 0 radical (unpaired) electrons. The second-order valence-corrected chi connectivity index (χ2v) is 10.8. The monoisotopic (exact) mass is 488 g/mol. The molecule has 0 saturated heterocycles. The van der Waals surface area contributed by atoms with Gasteiger partial charge in [0.25, 0.3) is 0 Å². The van der Waals surface area contributed by atoms with Crippen LogP contribution < -0.4 is 0 Å². The number of oxime groups is 2. The van der Waals surface area contributed by atoms with Crippen LogP contribution in [0, 0.1) is 28.6 Å². The predicted octanol–water partition coefficient (Wildman–Crippen LogP) is 2.30. The molecule has 10 heteroatoms. The Morgan fingerprint density at radius 1 is 1.37 bits per heavy atom. The summed E-state index contributed by atoms with van der Waals surface area (Å²) >= 11 is 0. The van der Waals surface area contributed by atoms with E-state index in [4.69, 9.17) is 14.8 Å². The number of hydrogen-bond donors (Lipinski definition) is 2. The standard InChI is InChI=1S/C25H29FN2O7/c1-13(29)34-12-21(32)25-18(19(11-27-33)28-35-25)9-17-16-5-4-14-8-15(30)6-7-22(14,2)24(16,26)20(31)10-23(17,25)3/h6-8,11,16-18,20,31,33H,4-5,9-10,12H2,1-3H3/b27-11+/t16-,17-,18-,20-,22-,23-,24-,25-/m0/s1. The van der Waals surface area contributed by atoms with Crippen molar-refractivity contribution in [2.45, 2.75) is 63.8 Å². The lowest BCUT2D eigenvalue weighted by Crippen LogP contribution is -2.69. The number of halogens is 1. The lowest BCUT2D eigenvalue weighted by atomic mass is 9.44. The number of allylic oxidation sites excluding steroid dienone is 4. The summed E-state index contributed by atoms with van der Waals surface area (Å²) in [5, 5.41) is 27.7. The zero-order chi connectivity index (χ0) is 25.4. The fourth-order valence-electron chi connectivity index (χ4n) is 7.94. The molecule has 5 aliphatic rings. The number of nitrogens with zero attached hydrogens (tertiary/aromatic N) is 2. The molecule has 5 rings (SSSR count). The number of aliphatic hydroxyl groups excluding tert-OH is 1. The Morgan fingerprint density at radius 2 is 2.11 bits per heavy atom. The highest BCUT2D eigenvalue weighted by Gasteiger charge is 2.79. The fraction of sp³-hybridized carbons (Fsp3) is 0.640. The quantitative estimate of drug-likeness (QED) is 0.268. The molecule has 3 fully saturated rings. The van der Waals surface area contributed by atoms with Crippen LogP contribution in [0.25, 0.3) is 0 Å². The second kappa shape index (κ2) is 7.56. The van der Waals surface area contributed by atoms with Crippen molar-refractivity contribution in [2.75, 3.05) is 6.61 Å². The van der Waals surface area contributed by atoms with Crippen molar-refractivity contribution in [1.82, 2.24) is 0 Å². The Kier molecular flexibility index (Phi) is 5.15. The first-order valence-electron chi connectivity index (χ1n) is 11.9. The molecule has 1 heterocycles. The molecule has 9 nitrogen and oxygen atoms in total. The van der Waals surface area contributed by atoms with E-state index in [0.29, 0.717) is 24.8 Å². The minimum absolute atomic E-state index is 0.100. The molecule has 0 aromatic carbocycles. The van der Waals surface area contributed by atoms with Crippen LogP contribution >= 0.6 is 0 Å². The number of aliphatic hydroxyl groups is 1. The first kappa shape index (κ1) is 23.8. The normalized spacial score (nSPS) is 45.6. The summed E-state index contributed by atoms with van der Waals surface area (Å²) < 4.78 is 22.3. The van der Waals surface area contributed by atoms with E-state index in [1.165, 1.54) is 19.1 Å². The van der Waals surface area contributed by atoms with Gasteiger partial charge in [0.05, 0.1) is 18.2 Å². The van der Waals surface area contributed by atoms with E-state index >= 15 is 4.39 Å². The van der Waals surface area contributed by atoms with E-state index in [0.717, 1.165) is 6.21 Å². The Hall–Kier alpha value is -2.88. The fourth-order valence-corrected chi connectivity index (χ4v) is 7.94. The molecule has 2 N–H and O–H groups in total. The summed E-state index contributed by atoms with van der Waals surface area (Å²) in [6, 6.07) is 0. The maximum atomic E-state index is 17.3. The number of ketones is 2. The average molecular weight is 489 g/mol. The molecule has 0 unspecified atom stereocenters. The molecule has 0 aromatic rings. The third-order valence-electron chi connectivity index (χ3n) is 9.52. The maximum absolute atomic E-state index is 17.3. The number of hydrogen-bond acceptors (Lipinski definition) is 9. The second-order valence-electron chi connectivity index (χ2n) is 10.8. The number of carbonyl (C=O) groups is 3. The molecule has 1 aliphatic heterocycles. The lowest BCUT2D eigenvalue weighted by molar-refractivity contribution is -0.225. The SMILES string of the molecule is CC(=O)OCC(=O)[C@@]12ON=C(/C=N/O)[C@@H]1C[C@H]1[C@@H]3CCC4=CC(=O)C=C[C@]4(C)[C@@]3(F)[C@@H](O)C[C@@]12C. The van der Waals surface area contributed by atoms with Crippen molar-refractivity contribution in [3.63, 3.8) is 0 Å². The molecule has 188 valence electrons. The van der Waals surface area contributed by atoms with Crippen LogP contribution in [-0.2, 0) is 24.0 Å². The highest BCUT2D eigenvalue weighted by atomic mass is 19.1. The zero-order valence-corrected chi connectivity index (χ0v) is 19.9. The van der Waals surface area contributed by atoms with Gasteiger partial charge in [-0.05, 0) is 50.7 Å². The van der Waals surface area contributed by atoms with Crippen LogP contribution in [0.5, 0.6) is 0 Å². The van der Waals surface area contributed by atoms with Gasteiger partial charge in [0.2, 0.25) is 11.4 Å². The number of rotatable bonds is 4. The first-order chi connectivity index (χ1) is 16.5. The van der Waals surface area contributed by atoms with Gasteiger partial charge in [-0.1, -0.05) is 28.9 Å². The first-order valence-corrected chi connectivity index (χ1v) is 11.9. The minimum Gasteiger partial charge on any atom is -0.458 e. The third kappa shape index (κ3) is 2.80. The largest absolute Gasteiger partial charge is 0.458 e. The van der Waals surface area contributed by atoms with Crippen LogP contribution in [-0.4, -0.2) is 63.8 Å². The van der Waals surface area contributed by atoms with Gasteiger partial charge in [0, 0.05) is 23.7 Å². The summed E-state index contributed by atoms with van der Waals surface area (Å²) in [6.45, 7) is 4.16. The summed E-state index contributed by atoms with van der Waals surface area (Å²) in [5.41, 5.74) is -4.99. The Bertz CT molecular complexity index is 1130. The van der Waals surface area contributed by atoms with Gasteiger partial charge in [-0.3, -0.25) is 14.4 Å². The molecule has 0 bridgehead atoms. The van der Waals surface area contributed by atoms with Crippen LogP contribution in [0.2, 0.25) is 0 Å². The summed E-state index contributed by atoms with van der Waals surface area (Å²) in [7, 11) is 0. The van der Waals surface area contributed by atoms with Crippen molar-refractivity contribution >= 4 is 29.5 Å². The van der Waals surface area contributed by atoms with Crippen molar-refractivity contribution in [3.8, 4) is 0 Å². The molecule has 4 aliphatic carbocycles. The van der Waals surface area contributed by atoms with Crippen LogP contribution in [0.1, 0.15) is 46.5 Å². The van der Waals surface area contributed by atoms with Gasteiger partial charge in [-0.15, -0.1) is 0 Å². The molecule has 0 spiro atoms. The maximum Gasteiger partial charge on any atom is 0.303 e. The Labute approximate surface area is 201 Å². The van der Waals surface area contributed by atoms with Crippen LogP contribution in [0.4, 0.5) is 4.39 Å². The van der Waals surface area contributed by atoms with Crippen molar-refractivity contribution in [2.24, 2.45) is 38.9 Å². The minimum atomic E-state index is -2.07. The van der Waals surface area contributed by atoms with E-state index in [1.807, 2.05) is 0 Å². The smallest absolute Gasteiger partial charge is 0.303 e. The number of carbonyl (C=O) groups excluding carboxylic acids is 3. The molecular formula is C25H29FN2O7. The molecule has 35 heavy (non-hydrogen) atoms. The number of alkyl halides is 1. The van der Waals surface area contributed by atoms with Gasteiger partial charge >= 0.3 is 5.97 Å². The lowest BCUT2D eigenvalue weighted by Gasteiger charge is -2.62. The van der Waals surface area contributed by atoms with Gasteiger partial charge < -0.3 is 19.9 Å². The van der Waals surface area contributed by atoms with E-state index in [9.17, 15) is 19.5 Å². The van der Waals surface area contributed by atoms with E-state index in [2.05, 4.69) is 10.3 Å². The molecule has 8 atom stereocenters. The number of ether oxygens (including phenoxy) is 1. The Morgan fingerprint density at radius 3 is 2.80 bits per heavy atom. The van der Waals surface area contributed by atoms with Crippen molar-refractivity contribution in [3.05, 3.63) is 23.8 Å². The van der Waals surface area contributed by atoms with E-state index in [1.54, 1.807) is 19.9 Å². The Balaban J connectivity index is 1.61. The van der Waals surface area contributed by atoms with Gasteiger partial charge in [-0.25, -0.2) is 4.39 Å². The van der Waals surface area contributed by atoms with Gasteiger partial charge in [-0.2, -0.15) is 0 Å². The number of fused-ring (bicyclic) bond motifs is 7. The molecular weight excluding hydrogens is 459 g/mol. The highest BCUT2D eigenvalue weighted by molar-refractivity contribution is 6.33. The van der Waals surface area contributed by atoms with Crippen LogP contribution in [0.3, 0.4) is 0 Å². The molecule has 3 saturated carbocycles. The van der Waals surface area contributed by atoms with Gasteiger partial charge in [0.1, 0.15) is 5.71 Å². The molecule has 0 aromatic heterocycles. The third-order valence-corrected chi connectivity index (χ3v) is 9.52. The highest BCUT2D eigenvalue weighted by Crippen LogP contribution is 2.72. The summed E-state index contributed by atoms with van der Waals surface area (Å²) in [6.07, 6.45) is 5.12. The summed E-state index contributed by atoms with van der Waals surface area (Å²) in [4.78, 5) is 42.9. The average Bonchev–Trinajstić information content (AvgIpc) is 3.28. The van der Waals surface area contributed by atoms with Crippen molar-refractivity contribution in [1.29, 1.82) is 0 Å². The topological polar surface area (TPSA) is 135 Å². The number of esters is 1. The van der Waals surface area contributed by atoms with E-state index < -0.39 is 64.3 Å². The zero-order valence-electron chi connectivity index (χ0n) is 19.9. The number of Topliss-reactive ketones (excluding diaryl/α,β-unsaturated/α-hetero) is 1. The molecule has 0 amide bonds. The predicted molar refractivity (Wildman–Crippen MR) is 120 cm³/mol. The van der Waals surface area contributed by atoms with Crippen LogP contribution in [0.15, 0.2) is 34.1 Å². The van der Waals surface area contributed by atoms with E-state index in [-0.39, 0.29) is 17.9 Å². The van der Waals surface area contributed by atoms with Gasteiger partial charge in [0.15, 0.2) is 18.1 Å². The summed E-state index contributed by atoms with van der Waals surface area (Å²) in [5.74, 6) is -3.07. The van der Waals surface area contributed by atoms with Crippen molar-refractivity contribution < 1.29 is 38.7 Å².